The lowest BCUT2D eigenvalue weighted by Gasteiger charge is -2.07. The average Bonchev–Trinajstić information content (AvgIpc) is 3.23. The predicted octanol–water partition coefficient (Wildman–Crippen LogP) is 2.84. The minimum Gasteiger partial charge on any atom is -0.493 e. The number of amides is 1. The lowest BCUT2D eigenvalue weighted by atomic mass is 10.1. The van der Waals surface area contributed by atoms with Gasteiger partial charge in [0.25, 0.3) is 0 Å². The number of aromatic nitrogens is 2. The highest BCUT2D eigenvalue weighted by Crippen LogP contribution is 2.32. The van der Waals surface area contributed by atoms with E-state index in [1.54, 1.807) is 45.4 Å². The number of nitrogens with one attached hydrogen (secondary N) is 1. The third kappa shape index (κ3) is 3.79. The van der Waals surface area contributed by atoms with Crippen molar-refractivity contribution in [2.75, 3.05) is 19.5 Å². The Morgan fingerprint density at radius 3 is 2.56 bits per heavy atom. The second-order valence-electron chi connectivity index (χ2n) is 5.30. The summed E-state index contributed by atoms with van der Waals surface area (Å²) >= 11 is 0. The molecule has 0 fully saturated rings. The van der Waals surface area contributed by atoms with Crippen LogP contribution in [0.25, 0.3) is 11.3 Å². The summed E-state index contributed by atoms with van der Waals surface area (Å²) in [5, 5.41) is 10.3. The first-order chi connectivity index (χ1) is 12.1. The summed E-state index contributed by atoms with van der Waals surface area (Å²) in [7, 11) is 3.13. The van der Waals surface area contributed by atoms with Crippen molar-refractivity contribution in [1.29, 1.82) is 0 Å². The van der Waals surface area contributed by atoms with Gasteiger partial charge in [-0.1, -0.05) is 10.3 Å². The molecule has 0 radical (unpaired) electrons. The van der Waals surface area contributed by atoms with Crippen LogP contribution in [0.1, 0.15) is 11.5 Å². The Kier molecular flexibility index (Phi) is 4.69. The Morgan fingerprint density at radius 1 is 1.08 bits per heavy atom. The van der Waals surface area contributed by atoms with Crippen LogP contribution < -0.4 is 14.8 Å². The molecule has 3 aromatic rings. The number of hydrogen-bond donors (Lipinski definition) is 1. The zero-order chi connectivity index (χ0) is 17.8. The van der Waals surface area contributed by atoms with E-state index in [4.69, 9.17) is 18.5 Å². The van der Waals surface area contributed by atoms with Gasteiger partial charge in [-0.3, -0.25) is 4.79 Å². The molecule has 0 atom stereocenters. The summed E-state index contributed by atoms with van der Waals surface area (Å²) in [5.41, 5.74) is 1.27. The standard InChI is InChI=1S/C17H17N3O5/c1-10-6-16(20-24-10)18-17(21)9-12-8-14(25-19-12)11-4-5-13(22-2)15(7-11)23-3/h4-8H,9H2,1-3H3,(H,18,20,21). The molecular weight excluding hydrogens is 326 g/mol. The molecule has 0 aliphatic rings. The first-order valence-corrected chi connectivity index (χ1v) is 7.50. The second kappa shape index (κ2) is 7.08. The number of methoxy groups -OCH3 is 2. The number of hydrogen-bond acceptors (Lipinski definition) is 7. The molecule has 1 aromatic carbocycles. The maximum atomic E-state index is 12.0. The van der Waals surface area contributed by atoms with Gasteiger partial charge in [-0.2, -0.15) is 0 Å². The smallest absolute Gasteiger partial charge is 0.231 e. The van der Waals surface area contributed by atoms with Crippen molar-refractivity contribution in [2.45, 2.75) is 13.3 Å². The number of carbonyl (C=O) groups excluding carboxylic acids is 1. The third-order valence-electron chi connectivity index (χ3n) is 3.46. The molecule has 0 spiro atoms. The molecule has 2 aromatic heterocycles. The molecule has 3 rings (SSSR count). The fourth-order valence-corrected chi connectivity index (χ4v) is 2.30. The molecule has 0 saturated carbocycles. The van der Waals surface area contributed by atoms with Gasteiger partial charge in [0.2, 0.25) is 5.91 Å². The first kappa shape index (κ1) is 16.6. The zero-order valence-corrected chi connectivity index (χ0v) is 14.0. The third-order valence-corrected chi connectivity index (χ3v) is 3.46. The van der Waals surface area contributed by atoms with Crippen molar-refractivity contribution < 1.29 is 23.3 Å². The fraction of sp³-hybridized carbons (Fsp3) is 0.235. The molecule has 1 N–H and O–H groups in total. The molecule has 25 heavy (non-hydrogen) atoms. The average molecular weight is 343 g/mol. The van der Waals surface area contributed by atoms with Gasteiger partial charge in [0, 0.05) is 17.7 Å². The number of anilines is 1. The van der Waals surface area contributed by atoms with E-state index in [-0.39, 0.29) is 12.3 Å². The number of ether oxygens (including phenoxy) is 2. The van der Waals surface area contributed by atoms with Crippen LogP contribution in [0.4, 0.5) is 5.82 Å². The Balaban J connectivity index is 1.70. The van der Waals surface area contributed by atoms with Crippen LogP contribution >= 0.6 is 0 Å². The van der Waals surface area contributed by atoms with E-state index in [2.05, 4.69) is 15.6 Å². The molecule has 0 aliphatic carbocycles. The quantitative estimate of drug-likeness (QED) is 0.734. The molecular formula is C17H17N3O5. The minimum absolute atomic E-state index is 0.0582. The summed E-state index contributed by atoms with van der Waals surface area (Å²) in [6, 6.07) is 8.71. The van der Waals surface area contributed by atoms with E-state index < -0.39 is 0 Å². The summed E-state index contributed by atoms with van der Waals surface area (Å²) in [4.78, 5) is 12.0. The van der Waals surface area contributed by atoms with Gasteiger partial charge in [0.15, 0.2) is 23.1 Å². The molecule has 130 valence electrons. The summed E-state index contributed by atoms with van der Waals surface area (Å²) in [6.45, 7) is 1.75. The van der Waals surface area contributed by atoms with Gasteiger partial charge in [-0.05, 0) is 25.1 Å². The van der Waals surface area contributed by atoms with Crippen molar-refractivity contribution in [1.82, 2.24) is 10.3 Å². The highest BCUT2D eigenvalue weighted by molar-refractivity contribution is 5.91. The van der Waals surface area contributed by atoms with Gasteiger partial charge < -0.3 is 23.8 Å². The van der Waals surface area contributed by atoms with Crippen LogP contribution in [-0.4, -0.2) is 30.4 Å². The van der Waals surface area contributed by atoms with E-state index >= 15 is 0 Å². The zero-order valence-electron chi connectivity index (χ0n) is 14.0. The van der Waals surface area contributed by atoms with E-state index in [1.807, 2.05) is 6.07 Å². The topological polar surface area (TPSA) is 99.6 Å². The Bertz CT molecular complexity index is 884. The lowest BCUT2D eigenvalue weighted by molar-refractivity contribution is -0.115. The van der Waals surface area contributed by atoms with E-state index in [0.29, 0.717) is 34.5 Å². The van der Waals surface area contributed by atoms with Crippen molar-refractivity contribution in [3.63, 3.8) is 0 Å². The maximum absolute atomic E-state index is 12.0. The van der Waals surface area contributed by atoms with Crippen molar-refractivity contribution >= 4 is 11.7 Å². The van der Waals surface area contributed by atoms with Gasteiger partial charge >= 0.3 is 0 Å². The molecule has 2 heterocycles. The number of nitrogens with zero attached hydrogens (tertiary/aromatic N) is 2. The molecule has 0 bridgehead atoms. The molecule has 1 amide bonds. The molecule has 8 nitrogen and oxygen atoms in total. The first-order valence-electron chi connectivity index (χ1n) is 7.50. The summed E-state index contributed by atoms with van der Waals surface area (Å²) < 4.78 is 20.7. The monoisotopic (exact) mass is 343 g/mol. The second-order valence-corrected chi connectivity index (χ2v) is 5.30. The van der Waals surface area contributed by atoms with Gasteiger partial charge in [0.1, 0.15) is 5.76 Å². The van der Waals surface area contributed by atoms with Crippen molar-refractivity contribution in [2.24, 2.45) is 0 Å². The summed E-state index contributed by atoms with van der Waals surface area (Å²) in [5.74, 6) is 2.45. The van der Waals surface area contributed by atoms with Gasteiger partial charge in [0.05, 0.1) is 26.3 Å². The maximum Gasteiger partial charge on any atom is 0.231 e. The number of rotatable bonds is 6. The van der Waals surface area contributed by atoms with E-state index in [9.17, 15) is 4.79 Å². The number of carbonyl (C=O) groups is 1. The normalized spacial score (nSPS) is 10.5. The predicted molar refractivity (Wildman–Crippen MR) is 88.6 cm³/mol. The van der Waals surface area contributed by atoms with Crippen LogP contribution in [-0.2, 0) is 11.2 Å². The number of benzene rings is 1. The molecule has 0 aliphatic heterocycles. The molecule has 0 unspecified atom stereocenters. The van der Waals surface area contributed by atoms with Crippen molar-refractivity contribution in [3.8, 4) is 22.8 Å². The van der Waals surface area contributed by atoms with E-state index in [1.165, 1.54) is 0 Å². The van der Waals surface area contributed by atoms with Gasteiger partial charge in [-0.25, -0.2) is 0 Å². The SMILES string of the molecule is COc1ccc(-c2cc(CC(=O)Nc3cc(C)on3)no2)cc1OC. The molecule has 0 saturated heterocycles. The van der Waals surface area contributed by atoms with Crippen LogP contribution in [0.2, 0.25) is 0 Å². The van der Waals surface area contributed by atoms with E-state index in [0.717, 1.165) is 5.56 Å². The van der Waals surface area contributed by atoms with Crippen LogP contribution in [0.15, 0.2) is 39.4 Å². The highest BCUT2D eigenvalue weighted by Gasteiger charge is 2.14. The number of aryl methyl sites for hydroxylation is 1. The van der Waals surface area contributed by atoms with Crippen LogP contribution in [0, 0.1) is 6.92 Å². The summed E-state index contributed by atoms with van der Waals surface area (Å²) in [6.07, 6.45) is 0.0582. The van der Waals surface area contributed by atoms with Crippen LogP contribution in [0.5, 0.6) is 11.5 Å². The molecule has 8 heteroatoms. The highest BCUT2D eigenvalue weighted by atomic mass is 16.5. The Labute approximate surface area is 143 Å². The Morgan fingerprint density at radius 2 is 1.88 bits per heavy atom. The fourth-order valence-electron chi connectivity index (χ4n) is 2.30. The lowest BCUT2D eigenvalue weighted by Crippen LogP contribution is -2.14. The van der Waals surface area contributed by atoms with Crippen LogP contribution in [0.3, 0.4) is 0 Å². The van der Waals surface area contributed by atoms with Crippen molar-refractivity contribution in [3.05, 3.63) is 41.8 Å². The minimum atomic E-state index is -0.263. The van der Waals surface area contributed by atoms with Gasteiger partial charge in [-0.15, -0.1) is 0 Å². The largest absolute Gasteiger partial charge is 0.493 e. The Hall–Kier alpha value is -3.29.